The SMILES string of the molecule is CCOc1ccc(C(=O)c2oc3ccccc3c2NCC(=O)c2cccc(S(=O)(=O)N3CCCC(C)C3)c2)cc1. The summed E-state index contributed by atoms with van der Waals surface area (Å²) in [7, 11) is -3.70. The zero-order chi connectivity index (χ0) is 28.3. The number of ether oxygens (including phenoxy) is 1. The third kappa shape index (κ3) is 5.66. The number of hydrogen-bond acceptors (Lipinski definition) is 7. The number of para-hydroxylation sites is 1. The molecule has 0 radical (unpaired) electrons. The van der Waals surface area contributed by atoms with E-state index < -0.39 is 10.0 Å². The van der Waals surface area contributed by atoms with Gasteiger partial charge in [-0.2, -0.15) is 4.31 Å². The molecule has 1 unspecified atom stereocenters. The van der Waals surface area contributed by atoms with Crippen molar-refractivity contribution in [2.24, 2.45) is 5.92 Å². The molecule has 4 aromatic rings. The Morgan fingerprint density at radius 2 is 1.80 bits per heavy atom. The summed E-state index contributed by atoms with van der Waals surface area (Å²) in [5.41, 5.74) is 1.61. The third-order valence-electron chi connectivity index (χ3n) is 7.07. The fourth-order valence-corrected chi connectivity index (χ4v) is 6.64. The second-order valence-electron chi connectivity index (χ2n) is 10.0. The number of piperidine rings is 1. The van der Waals surface area contributed by atoms with E-state index in [1.54, 1.807) is 48.5 Å². The largest absolute Gasteiger partial charge is 0.494 e. The van der Waals surface area contributed by atoms with E-state index in [4.69, 9.17) is 9.15 Å². The van der Waals surface area contributed by atoms with E-state index in [-0.39, 0.29) is 34.3 Å². The van der Waals surface area contributed by atoms with Crippen molar-refractivity contribution in [3.63, 3.8) is 0 Å². The number of anilines is 1. The number of Topliss-reactive ketones (excluding diaryl/α,β-unsaturated/α-hetero) is 1. The van der Waals surface area contributed by atoms with Gasteiger partial charge in [0.05, 0.1) is 23.7 Å². The smallest absolute Gasteiger partial charge is 0.243 e. The van der Waals surface area contributed by atoms with Crippen LogP contribution in [0.4, 0.5) is 5.69 Å². The summed E-state index contributed by atoms with van der Waals surface area (Å²) >= 11 is 0. The van der Waals surface area contributed by atoms with Gasteiger partial charge < -0.3 is 14.5 Å². The molecule has 0 amide bonds. The number of rotatable bonds is 10. The molecule has 1 atom stereocenters. The highest BCUT2D eigenvalue weighted by Crippen LogP contribution is 2.33. The predicted octanol–water partition coefficient (Wildman–Crippen LogP) is 5.78. The van der Waals surface area contributed by atoms with Gasteiger partial charge in [-0.1, -0.05) is 31.2 Å². The van der Waals surface area contributed by atoms with Gasteiger partial charge in [-0.15, -0.1) is 0 Å². The van der Waals surface area contributed by atoms with E-state index >= 15 is 0 Å². The maximum atomic E-state index is 13.4. The van der Waals surface area contributed by atoms with E-state index in [0.29, 0.717) is 53.6 Å². The summed E-state index contributed by atoms with van der Waals surface area (Å²) in [6.07, 6.45) is 1.82. The van der Waals surface area contributed by atoms with Crippen molar-refractivity contribution < 1.29 is 27.2 Å². The summed E-state index contributed by atoms with van der Waals surface area (Å²) in [5.74, 6) is 0.397. The molecular formula is C31H32N2O6S. The minimum absolute atomic E-state index is 0.0914. The minimum atomic E-state index is -3.70. The van der Waals surface area contributed by atoms with Crippen LogP contribution in [0.3, 0.4) is 0 Å². The number of carbonyl (C=O) groups is 2. The van der Waals surface area contributed by atoms with Gasteiger partial charge in [0.1, 0.15) is 11.3 Å². The number of nitrogens with zero attached hydrogens (tertiary/aromatic N) is 1. The molecule has 1 N–H and O–H groups in total. The number of ketones is 2. The average molecular weight is 561 g/mol. The topological polar surface area (TPSA) is 106 Å². The van der Waals surface area contributed by atoms with E-state index in [1.165, 1.54) is 16.4 Å². The lowest BCUT2D eigenvalue weighted by molar-refractivity contribution is 0.0997. The molecule has 0 aliphatic carbocycles. The molecule has 0 spiro atoms. The van der Waals surface area contributed by atoms with Crippen LogP contribution in [0.2, 0.25) is 0 Å². The quantitative estimate of drug-likeness (QED) is 0.245. The fraction of sp³-hybridized carbons (Fsp3) is 0.290. The second-order valence-corrected chi connectivity index (χ2v) is 11.9. The highest BCUT2D eigenvalue weighted by molar-refractivity contribution is 7.89. The van der Waals surface area contributed by atoms with Gasteiger partial charge in [0.25, 0.3) is 0 Å². The minimum Gasteiger partial charge on any atom is -0.494 e. The highest BCUT2D eigenvalue weighted by atomic mass is 32.2. The summed E-state index contributed by atoms with van der Waals surface area (Å²) < 4.78 is 39.4. The Bertz CT molecular complexity index is 1640. The Hall–Kier alpha value is -3.95. The van der Waals surface area contributed by atoms with Gasteiger partial charge in [-0.05, 0) is 74.2 Å². The van der Waals surface area contributed by atoms with Crippen LogP contribution in [0.25, 0.3) is 11.0 Å². The second kappa shape index (κ2) is 11.7. The first kappa shape index (κ1) is 27.6. The van der Waals surface area contributed by atoms with Crippen molar-refractivity contribution in [2.75, 3.05) is 31.6 Å². The maximum absolute atomic E-state index is 13.4. The summed E-state index contributed by atoms with van der Waals surface area (Å²) in [4.78, 5) is 26.8. The van der Waals surface area contributed by atoms with Gasteiger partial charge in [0.15, 0.2) is 11.5 Å². The van der Waals surface area contributed by atoms with Gasteiger partial charge in [0, 0.05) is 29.6 Å². The number of nitrogens with one attached hydrogen (secondary N) is 1. The molecule has 8 nitrogen and oxygen atoms in total. The molecule has 1 aliphatic heterocycles. The number of carbonyl (C=O) groups excluding carboxylic acids is 2. The Morgan fingerprint density at radius 1 is 1.02 bits per heavy atom. The monoisotopic (exact) mass is 560 g/mol. The van der Waals surface area contributed by atoms with E-state index in [9.17, 15) is 18.0 Å². The molecule has 0 saturated carbocycles. The van der Waals surface area contributed by atoms with Crippen LogP contribution in [0, 0.1) is 5.92 Å². The van der Waals surface area contributed by atoms with Crippen LogP contribution in [0.1, 0.15) is 53.2 Å². The molecule has 3 aromatic carbocycles. The molecule has 2 heterocycles. The summed E-state index contributed by atoms with van der Waals surface area (Å²) in [5, 5.41) is 3.76. The maximum Gasteiger partial charge on any atom is 0.243 e. The van der Waals surface area contributed by atoms with Crippen molar-refractivity contribution in [3.05, 3.63) is 89.7 Å². The number of fused-ring (bicyclic) bond motifs is 1. The van der Waals surface area contributed by atoms with Gasteiger partial charge in [-0.3, -0.25) is 9.59 Å². The van der Waals surface area contributed by atoms with Crippen molar-refractivity contribution in [3.8, 4) is 5.75 Å². The molecule has 1 saturated heterocycles. The number of furan rings is 1. The summed E-state index contributed by atoms with van der Waals surface area (Å²) in [6, 6.07) is 20.1. The normalized spacial score (nSPS) is 16.1. The average Bonchev–Trinajstić information content (AvgIpc) is 3.34. The molecule has 1 fully saturated rings. The zero-order valence-electron chi connectivity index (χ0n) is 22.6. The molecule has 9 heteroatoms. The highest BCUT2D eigenvalue weighted by Gasteiger charge is 2.29. The lowest BCUT2D eigenvalue weighted by atomic mass is 10.0. The fourth-order valence-electron chi connectivity index (χ4n) is 5.00. The molecule has 1 aliphatic rings. The van der Waals surface area contributed by atoms with Gasteiger partial charge >= 0.3 is 0 Å². The Balaban J connectivity index is 1.38. The number of benzene rings is 3. The van der Waals surface area contributed by atoms with Crippen LogP contribution >= 0.6 is 0 Å². The first-order valence-electron chi connectivity index (χ1n) is 13.4. The van der Waals surface area contributed by atoms with Crippen LogP contribution < -0.4 is 10.1 Å². The van der Waals surface area contributed by atoms with Crippen LogP contribution in [-0.4, -0.2) is 50.5 Å². The van der Waals surface area contributed by atoms with Crippen LogP contribution in [-0.2, 0) is 10.0 Å². The predicted molar refractivity (Wildman–Crippen MR) is 154 cm³/mol. The van der Waals surface area contributed by atoms with Crippen molar-refractivity contribution >= 4 is 38.2 Å². The Morgan fingerprint density at radius 3 is 2.55 bits per heavy atom. The molecule has 1 aromatic heterocycles. The van der Waals surface area contributed by atoms with E-state index in [1.807, 2.05) is 26.0 Å². The molecule has 40 heavy (non-hydrogen) atoms. The first-order valence-corrected chi connectivity index (χ1v) is 14.9. The van der Waals surface area contributed by atoms with Gasteiger partial charge in [0.2, 0.25) is 15.8 Å². The van der Waals surface area contributed by atoms with Crippen molar-refractivity contribution in [2.45, 2.75) is 31.6 Å². The number of hydrogen-bond donors (Lipinski definition) is 1. The summed E-state index contributed by atoms with van der Waals surface area (Å²) in [6.45, 7) is 5.24. The first-order chi connectivity index (χ1) is 19.3. The van der Waals surface area contributed by atoms with E-state index in [2.05, 4.69) is 5.32 Å². The number of sulfonamides is 1. The zero-order valence-corrected chi connectivity index (χ0v) is 23.4. The van der Waals surface area contributed by atoms with Crippen molar-refractivity contribution in [1.29, 1.82) is 0 Å². The van der Waals surface area contributed by atoms with Crippen LogP contribution in [0.5, 0.6) is 5.75 Å². The van der Waals surface area contributed by atoms with E-state index in [0.717, 1.165) is 12.8 Å². The molecule has 5 rings (SSSR count). The molecular weight excluding hydrogens is 528 g/mol. The van der Waals surface area contributed by atoms with Gasteiger partial charge in [-0.25, -0.2) is 8.42 Å². The lowest BCUT2D eigenvalue weighted by Crippen LogP contribution is -2.39. The van der Waals surface area contributed by atoms with Crippen LogP contribution in [0.15, 0.2) is 82.1 Å². The Kier molecular flexibility index (Phi) is 8.04. The molecule has 0 bridgehead atoms. The molecule has 208 valence electrons. The standard InChI is InChI=1S/C31H32N2O6S/c1-3-38-24-15-13-22(14-16-24)30(35)31-29(26-11-4-5-12-28(26)39-31)32-19-27(34)23-9-6-10-25(18-23)40(36,37)33-17-7-8-21(2)20-33/h4-6,9-16,18,21,32H,3,7-8,17,19-20H2,1-2H3. The third-order valence-corrected chi connectivity index (χ3v) is 8.93. The lowest BCUT2D eigenvalue weighted by Gasteiger charge is -2.30. The van der Waals surface area contributed by atoms with Crippen molar-refractivity contribution in [1.82, 2.24) is 4.31 Å². The Labute approximate surface area is 234 Å².